The first kappa shape index (κ1) is 27.5. The average Bonchev–Trinajstić information content (AvgIpc) is 3.70. The minimum Gasteiger partial charge on any atom is -0.497 e. The van der Waals surface area contributed by atoms with Crippen LogP contribution in [0.15, 0.2) is 107 Å². The van der Waals surface area contributed by atoms with E-state index in [4.69, 9.17) is 19.3 Å². The van der Waals surface area contributed by atoms with Crippen LogP contribution in [0.2, 0.25) is 0 Å². The lowest BCUT2D eigenvalue weighted by Gasteiger charge is -2.23. The standard InChI is InChI=1S/C32H30N4O5S/c1-39-26-12-6-23(7-13-26)21-35(22-24-8-14-27(40-2)15-9-24)42(37,38)28-16-10-25(11-17-28)30-29-5-3-4-19-36(29)34-31(30)32-33-18-20-41-32/h3-17,19H,18,20-22H2,1-2H3. The van der Waals surface area contributed by atoms with Crippen LogP contribution in [-0.2, 0) is 27.8 Å². The molecule has 3 aromatic carbocycles. The molecule has 0 unspecified atom stereocenters. The highest BCUT2D eigenvalue weighted by Gasteiger charge is 2.27. The number of pyridine rings is 1. The highest BCUT2D eigenvalue weighted by molar-refractivity contribution is 7.89. The summed E-state index contributed by atoms with van der Waals surface area (Å²) >= 11 is 0. The molecule has 0 amide bonds. The summed E-state index contributed by atoms with van der Waals surface area (Å²) in [6.45, 7) is 1.47. The second-order valence-corrected chi connectivity index (χ2v) is 11.7. The Kier molecular flexibility index (Phi) is 7.64. The van der Waals surface area contributed by atoms with Crippen molar-refractivity contribution in [2.75, 3.05) is 27.4 Å². The number of ether oxygens (including phenoxy) is 3. The van der Waals surface area contributed by atoms with Crippen molar-refractivity contribution in [3.05, 3.63) is 114 Å². The summed E-state index contributed by atoms with van der Waals surface area (Å²) < 4.78 is 47.7. The maximum atomic E-state index is 14.1. The largest absolute Gasteiger partial charge is 0.497 e. The van der Waals surface area contributed by atoms with Gasteiger partial charge < -0.3 is 14.2 Å². The molecule has 1 aliphatic heterocycles. The van der Waals surface area contributed by atoms with Gasteiger partial charge in [0.2, 0.25) is 15.9 Å². The number of benzene rings is 3. The van der Waals surface area contributed by atoms with Gasteiger partial charge in [0.1, 0.15) is 18.1 Å². The second-order valence-electron chi connectivity index (χ2n) is 9.78. The van der Waals surface area contributed by atoms with E-state index >= 15 is 0 Å². The maximum Gasteiger partial charge on any atom is 0.243 e. The Morgan fingerprint density at radius 1 is 0.833 bits per heavy atom. The smallest absolute Gasteiger partial charge is 0.243 e. The summed E-state index contributed by atoms with van der Waals surface area (Å²) in [5, 5.41) is 4.71. The summed E-state index contributed by atoms with van der Waals surface area (Å²) in [4.78, 5) is 4.66. The molecule has 42 heavy (non-hydrogen) atoms. The zero-order valence-corrected chi connectivity index (χ0v) is 24.1. The summed E-state index contributed by atoms with van der Waals surface area (Å²) in [6, 6.07) is 27.5. The van der Waals surface area contributed by atoms with Gasteiger partial charge in [0, 0.05) is 24.8 Å². The Balaban J connectivity index is 1.35. The molecule has 9 nitrogen and oxygen atoms in total. The molecule has 0 saturated heterocycles. The Labute approximate surface area is 244 Å². The Morgan fingerprint density at radius 3 is 2.00 bits per heavy atom. The van der Waals surface area contributed by atoms with Crippen LogP contribution < -0.4 is 9.47 Å². The third-order valence-corrected chi connectivity index (χ3v) is 8.95. The van der Waals surface area contributed by atoms with Crippen molar-refractivity contribution in [1.29, 1.82) is 0 Å². The molecule has 10 heteroatoms. The number of rotatable bonds is 10. The normalized spacial score (nSPS) is 13.3. The fraction of sp³-hybridized carbons (Fsp3) is 0.188. The molecule has 0 aliphatic carbocycles. The molecule has 0 fully saturated rings. The van der Waals surface area contributed by atoms with Crippen LogP contribution in [0.3, 0.4) is 0 Å². The number of fused-ring (bicyclic) bond motifs is 1. The molecule has 2 aromatic heterocycles. The first-order valence-electron chi connectivity index (χ1n) is 13.5. The number of sulfonamides is 1. The quantitative estimate of drug-likeness (QED) is 0.225. The van der Waals surface area contributed by atoms with E-state index in [1.807, 2.05) is 85.1 Å². The van der Waals surface area contributed by atoms with Gasteiger partial charge in [-0.2, -0.15) is 9.40 Å². The van der Waals surface area contributed by atoms with Gasteiger partial charge >= 0.3 is 0 Å². The predicted molar refractivity (Wildman–Crippen MR) is 160 cm³/mol. The molecular formula is C32H30N4O5S. The van der Waals surface area contributed by atoms with E-state index in [9.17, 15) is 8.42 Å². The molecule has 0 bridgehead atoms. The zero-order chi connectivity index (χ0) is 29.1. The van der Waals surface area contributed by atoms with E-state index in [2.05, 4.69) is 4.99 Å². The van der Waals surface area contributed by atoms with Crippen molar-refractivity contribution in [3.8, 4) is 22.6 Å². The predicted octanol–water partition coefficient (Wildman–Crippen LogP) is 5.19. The summed E-state index contributed by atoms with van der Waals surface area (Å²) in [5.74, 6) is 1.91. The molecule has 5 aromatic rings. The van der Waals surface area contributed by atoms with Crippen LogP contribution >= 0.6 is 0 Å². The number of methoxy groups -OCH3 is 2. The summed E-state index contributed by atoms with van der Waals surface area (Å²) in [5.41, 5.74) is 4.86. The summed E-state index contributed by atoms with van der Waals surface area (Å²) in [7, 11) is -0.680. The van der Waals surface area contributed by atoms with Gasteiger partial charge in [0.05, 0.1) is 31.2 Å². The molecule has 0 radical (unpaired) electrons. The minimum absolute atomic E-state index is 0.190. The lowest BCUT2D eigenvalue weighted by Crippen LogP contribution is -2.30. The first-order valence-corrected chi connectivity index (χ1v) is 14.9. The van der Waals surface area contributed by atoms with Gasteiger partial charge in [0.15, 0.2) is 5.69 Å². The lowest BCUT2D eigenvalue weighted by molar-refractivity contribution is 0.347. The zero-order valence-electron chi connectivity index (χ0n) is 23.3. The van der Waals surface area contributed by atoms with Crippen LogP contribution in [0.25, 0.3) is 16.6 Å². The van der Waals surface area contributed by atoms with E-state index in [0.29, 0.717) is 36.2 Å². The van der Waals surface area contributed by atoms with Crippen LogP contribution in [0.1, 0.15) is 16.8 Å². The minimum atomic E-state index is -3.88. The highest BCUT2D eigenvalue weighted by atomic mass is 32.2. The van der Waals surface area contributed by atoms with Crippen LogP contribution in [-0.4, -0.2) is 55.6 Å². The third-order valence-electron chi connectivity index (χ3n) is 7.14. The van der Waals surface area contributed by atoms with Crippen molar-refractivity contribution in [2.45, 2.75) is 18.0 Å². The number of hydrogen-bond acceptors (Lipinski definition) is 7. The molecule has 0 saturated carbocycles. The van der Waals surface area contributed by atoms with Crippen LogP contribution in [0, 0.1) is 0 Å². The Morgan fingerprint density at radius 2 is 1.45 bits per heavy atom. The van der Waals surface area contributed by atoms with E-state index in [1.165, 1.54) is 4.31 Å². The molecular weight excluding hydrogens is 552 g/mol. The van der Waals surface area contributed by atoms with Gasteiger partial charge in [0.25, 0.3) is 0 Å². The average molecular weight is 583 g/mol. The SMILES string of the molecule is COc1ccc(CN(Cc2ccc(OC)cc2)S(=O)(=O)c2ccc(-c3c(C4=NCCO4)nn4ccccc34)cc2)cc1. The van der Waals surface area contributed by atoms with Crippen molar-refractivity contribution < 1.29 is 22.6 Å². The van der Waals surface area contributed by atoms with E-state index in [0.717, 1.165) is 27.8 Å². The lowest BCUT2D eigenvalue weighted by atomic mass is 10.0. The van der Waals surface area contributed by atoms with E-state index in [1.54, 1.807) is 30.9 Å². The fourth-order valence-corrected chi connectivity index (χ4v) is 6.37. The van der Waals surface area contributed by atoms with Gasteiger partial charge in [-0.15, -0.1) is 0 Å². The van der Waals surface area contributed by atoms with Crippen molar-refractivity contribution in [1.82, 2.24) is 13.9 Å². The molecule has 214 valence electrons. The molecule has 6 rings (SSSR count). The van der Waals surface area contributed by atoms with Gasteiger partial charge in [-0.3, -0.25) is 0 Å². The Bertz CT molecular complexity index is 1780. The summed E-state index contributed by atoms with van der Waals surface area (Å²) in [6.07, 6.45) is 1.87. The number of nitrogens with zero attached hydrogens (tertiary/aromatic N) is 4. The van der Waals surface area contributed by atoms with Crippen LogP contribution in [0.5, 0.6) is 11.5 Å². The molecule has 1 aliphatic rings. The topological polar surface area (TPSA) is 94.7 Å². The highest BCUT2D eigenvalue weighted by Crippen LogP contribution is 2.32. The van der Waals surface area contributed by atoms with Crippen molar-refractivity contribution in [3.63, 3.8) is 0 Å². The molecule has 0 spiro atoms. The first-order chi connectivity index (χ1) is 20.5. The maximum absolute atomic E-state index is 14.1. The molecule has 0 atom stereocenters. The molecule has 0 N–H and O–H groups in total. The number of aliphatic imine (C=N–C) groups is 1. The molecule has 3 heterocycles. The van der Waals surface area contributed by atoms with E-state index < -0.39 is 10.0 Å². The van der Waals surface area contributed by atoms with Gasteiger partial charge in [-0.1, -0.05) is 42.5 Å². The van der Waals surface area contributed by atoms with E-state index in [-0.39, 0.29) is 18.0 Å². The second kappa shape index (κ2) is 11.7. The van der Waals surface area contributed by atoms with Gasteiger partial charge in [-0.25, -0.2) is 17.9 Å². The monoisotopic (exact) mass is 582 g/mol. The number of hydrogen-bond donors (Lipinski definition) is 0. The third kappa shape index (κ3) is 5.46. The van der Waals surface area contributed by atoms with Crippen molar-refractivity contribution in [2.24, 2.45) is 4.99 Å². The Hall–Kier alpha value is -4.67. The number of aromatic nitrogens is 2. The van der Waals surface area contributed by atoms with Crippen LogP contribution in [0.4, 0.5) is 0 Å². The van der Waals surface area contributed by atoms with Crippen molar-refractivity contribution >= 4 is 21.4 Å². The fourth-order valence-electron chi connectivity index (χ4n) is 4.95. The van der Waals surface area contributed by atoms with Gasteiger partial charge in [-0.05, 0) is 65.2 Å².